The van der Waals surface area contributed by atoms with Gasteiger partial charge < -0.3 is 10.3 Å². The zero-order valence-corrected chi connectivity index (χ0v) is 14.3. The fourth-order valence-corrected chi connectivity index (χ4v) is 3.74. The molecule has 0 atom stereocenters. The number of nitrogens with one attached hydrogen (secondary N) is 3. The maximum absolute atomic E-state index is 11.9. The minimum absolute atomic E-state index is 0.222. The number of anilines is 1. The normalized spacial score (nSPS) is 10.8. The van der Waals surface area contributed by atoms with Gasteiger partial charge in [-0.2, -0.15) is 11.8 Å². The molecule has 0 radical (unpaired) electrons. The largest absolute Gasteiger partial charge is 0.348 e. The predicted molar refractivity (Wildman–Crippen MR) is 96.1 cm³/mol. The molecular weight excluding hydrogens is 330 g/mol. The number of rotatable bonds is 6. The highest BCUT2D eigenvalue weighted by atomic mass is 32.2. The van der Waals surface area contributed by atoms with E-state index < -0.39 is 0 Å². The predicted octanol–water partition coefficient (Wildman–Crippen LogP) is 3.38. The van der Waals surface area contributed by atoms with Gasteiger partial charge in [-0.1, -0.05) is 23.5 Å². The first-order chi connectivity index (χ1) is 11.2. The molecule has 0 spiro atoms. The van der Waals surface area contributed by atoms with Gasteiger partial charge in [-0.15, -0.1) is 0 Å². The number of imidazole rings is 1. The number of H-pyrrole nitrogens is 1. The number of thiazole rings is 1. The molecule has 2 heterocycles. The van der Waals surface area contributed by atoms with E-state index in [1.165, 1.54) is 11.3 Å². The van der Waals surface area contributed by atoms with Crippen LogP contribution in [0.25, 0.3) is 10.2 Å². The number of hydrogen-bond acceptors (Lipinski definition) is 5. The molecule has 0 aliphatic heterocycles. The topological polar surface area (TPSA) is 82.7 Å². The fraction of sp³-hybridized carbons (Fsp3) is 0.267. The lowest BCUT2D eigenvalue weighted by atomic mass is 10.3. The molecule has 120 valence electrons. The third kappa shape index (κ3) is 4.23. The maximum Gasteiger partial charge on any atom is 0.321 e. The van der Waals surface area contributed by atoms with Crippen molar-refractivity contribution < 1.29 is 4.79 Å². The van der Waals surface area contributed by atoms with E-state index in [1.807, 2.05) is 31.2 Å². The van der Waals surface area contributed by atoms with Crippen LogP contribution >= 0.6 is 23.1 Å². The van der Waals surface area contributed by atoms with Gasteiger partial charge in [0.15, 0.2) is 5.13 Å². The molecule has 2 aromatic heterocycles. The van der Waals surface area contributed by atoms with Gasteiger partial charge in [0.2, 0.25) is 0 Å². The molecule has 0 unspecified atom stereocenters. The second kappa shape index (κ2) is 7.47. The average Bonchev–Trinajstić information content (AvgIpc) is 3.12. The Morgan fingerprint density at radius 1 is 1.39 bits per heavy atom. The lowest BCUT2D eigenvalue weighted by molar-refractivity contribution is 0.252. The van der Waals surface area contributed by atoms with Crippen LogP contribution in [0.4, 0.5) is 9.93 Å². The van der Waals surface area contributed by atoms with Crippen molar-refractivity contribution in [1.82, 2.24) is 20.3 Å². The number of fused-ring (bicyclic) bond motifs is 1. The third-order valence-electron chi connectivity index (χ3n) is 3.22. The Morgan fingerprint density at radius 3 is 3.04 bits per heavy atom. The minimum atomic E-state index is -0.222. The molecule has 0 aliphatic carbocycles. The maximum atomic E-state index is 11.9. The van der Waals surface area contributed by atoms with Gasteiger partial charge in [-0.25, -0.2) is 14.8 Å². The van der Waals surface area contributed by atoms with Crippen molar-refractivity contribution >= 4 is 44.5 Å². The minimum Gasteiger partial charge on any atom is -0.348 e. The van der Waals surface area contributed by atoms with Crippen LogP contribution in [-0.4, -0.2) is 33.3 Å². The SMILES string of the molecule is Cc1[nH]cnc1CSCCNC(=O)Nc1nc2ccccc2s1. The number of carbonyl (C=O) groups excluding carboxylic acids is 1. The molecule has 2 amide bonds. The summed E-state index contributed by atoms with van der Waals surface area (Å²) in [6.45, 7) is 2.61. The van der Waals surface area contributed by atoms with Gasteiger partial charge in [0, 0.05) is 23.7 Å². The second-order valence-electron chi connectivity index (χ2n) is 4.89. The van der Waals surface area contributed by atoms with Gasteiger partial charge in [0.05, 0.1) is 22.2 Å². The molecular formula is C15H17N5OS2. The number of thioether (sulfide) groups is 1. The number of aromatic nitrogens is 3. The van der Waals surface area contributed by atoms with Crippen molar-refractivity contribution in [2.45, 2.75) is 12.7 Å². The highest BCUT2D eigenvalue weighted by Gasteiger charge is 2.07. The first kappa shape index (κ1) is 15.8. The van der Waals surface area contributed by atoms with Gasteiger partial charge in [-0.3, -0.25) is 5.32 Å². The molecule has 23 heavy (non-hydrogen) atoms. The van der Waals surface area contributed by atoms with Crippen LogP contribution in [0, 0.1) is 6.92 Å². The Morgan fingerprint density at radius 2 is 2.26 bits per heavy atom. The molecule has 0 saturated carbocycles. The molecule has 8 heteroatoms. The summed E-state index contributed by atoms with van der Waals surface area (Å²) in [4.78, 5) is 23.5. The van der Waals surface area contributed by atoms with E-state index in [0.717, 1.165) is 33.1 Å². The average molecular weight is 347 g/mol. The highest BCUT2D eigenvalue weighted by molar-refractivity contribution is 7.98. The number of amides is 2. The lowest BCUT2D eigenvalue weighted by Gasteiger charge is -2.05. The van der Waals surface area contributed by atoms with Crippen molar-refractivity contribution in [3.63, 3.8) is 0 Å². The molecule has 3 aromatic rings. The number of urea groups is 1. The summed E-state index contributed by atoms with van der Waals surface area (Å²) in [7, 11) is 0. The zero-order chi connectivity index (χ0) is 16.1. The standard InChI is InChI=1S/C15H17N5OS2/c1-10-12(18-9-17-10)8-22-7-6-16-14(21)20-15-19-11-4-2-3-5-13(11)23-15/h2-5,9H,6-8H2,1H3,(H,17,18)(H2,16,19,20,21). The van der Waals surface area contributed by atoms with E-state index >= 15 is 0 Å². The summed E-state index contributed by atoms with van der Waals surface area (Å²) < 4.78 is 1.06. The van der Waals surface area contributed by atoms with Gasteiger partial charge in [-0.05, 0) is 19.1 Å². The quantitative estimate of drug-likeness (QED) is 0.597. The van der Waals surface area contributed by atoms with E-state index in [1.54, 1.807) is 18.1 Å². The van der Waals surface area contributed by atoms with E-state index in [0.29, 0.717) is 11.7 Å². The Labute approximate surface area is 142 Å². The first-order valence-corrected chi connectivity index (χ1v) is 9.16. The van der Waals surface area contributed by atoms with E-state index in [-0.39, 0.29) is 6.03 Å². The Balaban J connectivity index is 1.38. The molecule has 3 rings (SSSR count). The van der Waals surface area contributed by atoms with Crippen molar-refractivity contribution in [3.8, 4) is 0 Å². The van der Waals surface area contributed by atoms with Crippen LogP contribution < -0.4 is 10.6 Å². The second-order valence-corrected chi connectivity index (χ2v) is 7.03. The number of aromatic amines is 1. The fourth-order valence-electron chi connectivity index (χ4n) is 2.01. The third-order valence-corrected chi connectivity index (χ3v) is 5.14. The van der Waals surface area contributed by atoms with Crippen molar-refractivity contribution in [2.24, 2.45) is 0 Å². The smallest absolute Gasteiger partial charge is 0.321 e. The lowest BCUT2D eigenvalue weighted by Crippen LogP contribution is -2.30. The van der Waals surface area contributed by atoms with Gasteiger partial charge >= 0.3 is 6.03 Å². The van der Waals surface area contributed by atoms with Crippen LogP contribution in [-0.2, 0) is 5.75 Å². The van der Waals surface area contributed by atoms with Crippen molar-refractivity contribution in [2.75, 3.05) is 17.6 Å². The number of benzene rings is 1. The Kier molecular flexibility index (Phi) is 5.14. The number of hydrogen-bond donors (Lipinski definition) is 3. The van der Waals surface area contributed by atoms with Crippen molar-refractivity contribution in [1.29, 1.82) is 0 Å². The van der Waals surface area contributed by atoms with E-state index in [2.05, 4.69) is 25.6 Å². The van der Waals surface area contributed by atoms with Crippen LogP contribution in [0.5, 0.6) is 0 Å². The monoisotopic (exact) mass is 347 g/mol. The van der Waals surface area contributed by atoms with E-state index in [4.69, 9.17) is 0 Å². The molecule has 1 aromatic carbocycles. The zero-order valence-electron chi connectivity index (χ0n) is 12.6. The number of aryl methyl sites for hydroxylation is 1. The van der Waals surface area contributed by atoms with Crippen molar-refractivity contribution in [3.05, 3.63) is 42.0 Å². The molecule has 0 aliphatic rings. The summed E-state index contributed by atoms with van der Waals surface area (Å²) in [5.74, 6) is 1.68. The highest BCUT2D eigenvalue weighted by Crippen LogP contribution is 2.25. The van der Waals surface area contributed by atoms with Crippen LogP contribution in [0.3, 0.4) is 0 Å². The summed E-state index contributed by atoms with van der Waals surface area (Å²) >= 11 is 3.21. The number of carbonyl (C=O) groups is 1. The van der Waals surface area contributed by atoms with E-state index in [9.17, 15) is 4.79 Å². The summed E-state index contributed by atoms with van der Waals surface area (Å²) in [5.41, 5.74) is 3.06. The molecule has 0 saturated heterocycles. The van der Waals surface area contributed by atoms with Gasteiger partial charge in [0.1, 0.15) is 0 Å². The van der Waals surface area contributed by atoms with Gasteiger partial charge in [0.25, 0.3) is 0 Å². The number of nitrogens with zero attached hydrogens (tertiary/aromatic N) is 2. The number of para-hydroxylation sites is 1. The molecule has 3 N–H and O–H groups in total. The van der Waals surface area contributed by atoms with Crippen LogP contribution in [0.2, 0.25) is 0 Å². The molecule has 0 fully saturated rings. The van der Waals surface area contributed by atoms with Crippen LogP contribution in [0.15, 0.2) is 30.6 Å². The summed E-state index contributed by atoms with van der Waals surface area (Å²) in [6, 6.07) is 7.60. The summed E-state index contributed by atoms with van der Waals surface area (Å²) in [5, 5.41) is 6.23. The Bertz CT molecular complexity index is 765. The molecule has 0 bridgehead atoms. The van der Waals surface area contributed by atoms with Crippen LogP contribution in [0.1, 0.15) is 11.4 Å². The Hall–Kier alpha value is -2.06. The summed E-state index contributed by atoms with van der Waals surface area (Å²) in [6.07, 6.45) is 1.70. The molecule has 6 nitrogen and oxygen atoms in total. The first-order valence-electron chi connectivity index (χ1n) is 7.19.